The van der Waals surface area contributed by atoms with Crippen LogP contribution < -0.4 is 15.5 Å². The zero-order chi connectivity index (χ0) is 18.9. The van der Waals surface area contributed by atoms with Gasteiger partial charge in [0.2, 0.25) is 0 Å². The van der Waals surface area contributed by atoms with Crippen molar-refractivity contribution in [2.24, 2.45) is 5.10 Å². The molecule has 0 heterocycles. The molecule has 2 N–H and O–H groups in total. The minimum atomic E-state index is -0.942. The summed E-state index contributed by atoms with van der Waals surface area (Å²) in [7, 11) is 0. The highest BCUT2D eigenvalue weighted by Gasteiger charge is 2.14. The molecule has 0 fully saturated rings. The first kappa shape index (κ1) is 19.5. The molecule has 8 heteroatoms. The average molecular weight is 435 g/mol. The van der Waals surface area contributed by atoms with E-state index in [1.807, 2.05) is 0 Å². The standard InChI is InChI=1S/C18H13BrClN3O3/c1-2-9-26-16-8-7-13(19)10-12(16)11-21-23-18(25)17(24)22-15-6-4-3-5-14(15)20/h1,3-8,10-11H,9H2,(H,22,24)(H,23,25)/b21-11-. The molecule has 132 valence electrons. The third kappa shape index (κ3) is 5.62. The monoisotopic (exact) mass is 433 g/mol. The third-order valence-electron chi connectivity index (χ3n) is 2.98. The molecule has 0 aromatic heterocycles. The molecule has 26 heavy (non-hydrogen) atoms. The van der Waals surface area contributed by atoms with Crippen molar-refractivity contribution in [1.29, 1.82) is 0 Å². The quantitative estimate of drug-likeness (QED) is 0.328. The van der Waals surface area contributed by atoms with Gasteiger partial charge in [-0.2, -0.15) is 5.10 Å². The van der Waals surface area contributed by atoms with Crippen LogP contribution in [0.25, 0.3) is 0 Å². The van der Waals surface area contributed by atoms with E-state index in [1.165, 1.54) is 6.21 Å². The van der Waals surface area contributed by atoms with Gasteiger partial charge in [0.25, 0.3) is 0 Å². The van der Waals surface area contributed by atoms with Crippen molar-refractivity contribution in [3.8, 4) is 18.1 Å². The Morgan fingerprint density at radius 3 is 2.77 bits per heavy atom. The van der Waals surface area contributed by atoms with E-state index in [1.54, 1.807) is 42.5 Å². The van der Waals surface area contributed by atoms with Crippen LogP contribution in [0.1, 0.15) is 5.56 Å². The van der Waals surface area contributed by atoms with Crippen LogP contribution in [0.15, 0.2) is 52.0 Å². The highest BCUT2D eigenvalue weighted by molar-refractivity contribution is 9.10. The van der Waals surface area contributed by atoms with E-state index in [4.69, 9.17) is 22.8 Å². The molecular formula is C18H13BrClN3O3. The lowest BCUT2D eigenvalue weighted by molar-refractivity contribution is -0.136. The molecule has 2 aromatic carbocycles. The fourth-order valence-electron chi connectivity index (χ4n) is 1.82. The van der Waals surface area contributed by atoms with E-state index in [-0.39, 0.29) is 6.61 Å². The zero-order valence-electron chi connectivity index (χ0n) is 13.3. The number of nitrogens with zero attached hydrogens (tertiary/aromatic N) is 1. The van der Waals surface area contributed by atoms with E-state index >= 15 is 0 Å². The highest BCUT2D eigenvalue weighted by Crippen LogP contribution is 2.22. The molecule has 0 unspecified atom stereocenters. The van der Waals surface area contributed by atoms with Crippen LogP contribution in [-0.4, -0.2) is 24.6 Å². The summed E-state index contributed by atoms with van der Waals surface area (Å²) >= 11 is 9.25. The summed E-state index contributed by atoms with van der Waals surface area (Å²) in [4.78, 5) is 23.7. The second-order valence-corrected chi connectivity index (χ2v) is 6.13. The molecule has 0 atom stereocenters. The minimum absolute atomic E-state index is 0.0923. The van der Waals surface area contributed by atoms with Crippen molar-refractivity contribution < 1.29 is 14.3 Å². The Morgan fingerprint density at radius 1 is 1.27 bits per heavy atom. The van der Waals surface area contributed by atoms with Gasteiger partial charge in [-0.05, 0) is 30.3 Å². The normalized spacial score (nSPS) is 10.2. The van der Waals surface area contributed by atoms with Gasteiger partial charge in [0.15, 0.2) is 0 Å². The second kappa shape index (κ2) is 9.61. The number of nitrogens with one attached hydrogen (secondary N) is 2. The molecule has 0 radical (unpaired) electrons. The molecule has 0 spiro atoms. The topological polar surface area (TPSA) is 79.8 Å². The van der Waals surface area contributed by atoms with Crippen molar-refractivity contribution in [3.63, 3.8) is 0 Å². The van der Waals surface area contributed by atoms with Gasteiger partial charge in [0.1, 0.15) is 12.4 Å². The number of halogens is 2. The van der Waals surface area contributed by atoms with Gasteiger partial charge in [-0.1, -0.05) is 45.6 Å². The molecule has 2 rings (SSSR count). The van der Waals surface area contributed by atoms with Crippen LogP contribution in [-0.2, 0) is 9.59 Å². The van der Waals surface area contributed by atoms with Crippen molar-refractivity contribution in [2.75, 3.05) is 11.9 Å². The fraction of sp³-hybridized carbons (Fsp3) is 0.0556. The van der Waals surface area contributed by atoms with Crippen molar-refractivity contribution in [1.82, 2.24) is 5.43 Å². The van der Waals surface area contributed by atoms with Gasteiger partial charge in [0, 0.05) is 10.0 Å². The molecular weight excluding hydrogens is 422 g/mol. The highest BCUT2D eigenvalue weighted by atomic mass is 79.9. The summed E-state index contributed by atoms with van der Waals surface area (Å²) < 4.78 is 6.17. The lowest BCUT2D eigenvalue weighted by atomic mass is 10.2. The summed E-state index contributed by atoms with van der Waals surface area (Å²) in [5, 5.41) is 6.48. The number of hydrogen-bond acceptors (Lipinski definition) is 4. The number of terminal acetylenes is 1. The third-order valence-corrected chi connectivity index (χ3v) is 3.80. The van der Waals surface area contributed by atoms with E-state index in [2.05, 4.69) is 37.7 Å². The Bertz CT molecular complexity index is 893. The Balaban J connectivity index is 2.00. The van der Waals surface area contributed by atoms with Crippen LogP contribution in [0, 0.1) is 12.3 Å². The van der Waals surface area contributed by atoms with Crippen LogP contribution >= 0.6 is 27.5 Å². The molecule has 6 nitrogen and oxygen atoms in total. The molecule has 2 amide bonds. The van der Waals surface area contributed by atoms with Gasteiger partial charge in [-0.15, -0.1) is 6.42 Å². The first-order valence-electron chi connectivity index (χ1n) is 7.26. The number of hydrazone groups is 1. The number of ether oxygens (including phenoxy) is 1. The van der Waals surface area contributed by atoms with Gasteiger partial charge < -0.3 is 10.1 Å². The molecule has 0 bridgehead atoms. The molecule has 0 saturated heterocycles. The summed E-state index contributed by atoms with van der Waals surface area (Å²) in [5.41, 5.74) is 3.04. The number of carbonyl (C=O) groups excluding carboxylic acids is 2. The number of rotatable bonds is 5. The maximum atomic E-state index is 11.9. The number of amides is 2. The maximum Gasteiger partial charge on any atom is 0.329 e. The number of benzene rings is 2. The summed E-state index contributed by atoms with van der Waals surface area (Å²) in [5.74, 6) is 1.02. The molecule has 0 aliphatic heterocycles. The van der Waals surface area contributed by atoms with Crippen LogP contribution in [0.3, 0.4) is 0 Å². The predicted molar refractivity (Wildman–Crippen MR) is 104 cm³/mol. The van der Waals surface area contributed by atoms with Crippen LogP contribution in [0.2, 0.25) is 5.02 Å². The summed E-state index contributed by atoms with van der Waals surface area (Å²) in [6, 6.07) is 11.8. The average Bonchev–Trinajstić information content (AvgIpc) is 2.62. The zero-order valence-corrected chi connectivity index (χ0v) is 15.7. The Labute approximate surface area is 163 Å². The van der Waals surface area contributed by atoms with Crippen molar-refractivity contribution in [3.05, 3.63) is 57.5 Å². The number of carbonyl (C=O) groups is 2. The maximum absolute atomic E-state index is 11.9. The van der Waals surface area contributed by atoms with Crippen LogP contribution in [0.4, 0.5) is 5.69 Å². The summed E-state index contributed by atoms with van der Waals surface area (Å²) in [6.07, 6.45) is 6.52. The van der Waals surface area contributed by atoms with Gasteiger partial charge in [-0.3, -0.25) is 9.59 Å². The predicted octanol–water partition coefficient (Wildman–Crippen LogP) is 3.20. The Hall–Kier alpha value is -2.82. The smallest absolute Gasteiger partial charge is 0.329 e. The van der Waals surface area contributed by atoms with Crippen LogP contribution in [0.5, 0.6) is 5.75 Å². The lowest BCUT2D eigenvalue weighted by Gasteiger charge is -2.07. The van der Waals surface area contributed by atoms with Crippen molar-refractivity contribution in [2.45, 2.75) is 0 Å². The summed E-state index contributed by atoms with van der Waals surface area (Å²) in [6.45, 7) is 0.0923. The lowest BCUT2D eigenvalue weighted by Crippen LogP contribution is -2.32. The second-order valence-electron chi connectivity index (χ2n) is 4.81. The number of hydrogen-bond donors (Lipinski definition) is 2. The van der Waals surface area contributed by atoms with Gasteiger partial charge in [0.05, 0.1) is 16.9 Å². The molecule has 2 aromatic rings. The van der Waals surface area contributed by atoms with E-state index < -0.39 is 11.8 Å². The molecule has 0 aliphatic rings. The Morgan fingerprint density at radius 2 is 2.04 bits per heavy atom. The van der Waals surface area contributed by atoms with E-state index in [9.17, 15) is 9.59 Å². The number of anilines is 1. The van der Waals surface area contributed by atoms with E-state index in [0.717, 1.165) is 4.47 Å². The minimum Gasteiger partial charge on any atom is -0.480 e. The fourth-order valence-corrected chi connectivity index (χ4v) is 2.39. The van der Waals surface area contributed by atoms with Gasteiger partial charge >= 0.3 is 11.8 Å². The number of para-hydroxylation sites is 1. The largest absolute Gasteiger partial charge is 0.480 e. The van der Waals surface area contributed by atoms with E-state index in [0.29, 0.717) is 22.0 Å². The molecule has 0 saturated carbocycles. The van der Waals surface area contributed by atoms with Crippen molar-refractivity contribution >= 4 is 51.2 Å². The molecule has 0 aliphatic carbocycles. The van der Waals surface area contributed by atoms with Gasteiger partial charge in [-0.25, -0.2) is 5.43 Å². The SMILES string of the molecule is C#CCOc1ccc(Br)cc1/C=N\NC(=O)C(=O)Nc1ccccc1Cl. The first-order chi connectivity index (χ1) is 12.5. The Kier molecular flexibility index (Phi) is 7.21. The first-order valence-corrected chi connectivity index (χ1v) is 8.43.